The first-order valence-corrected chi connectivity index (χ1v) is 13.8. The minimum Gasteiger partial charge on any atom is -0.352 e. The number of carbonyl (C=O) groups excluding carboxylic acids is 2. The number of nitrogens with one attached hydrogen (secondary N) is 1. The Morgan fingerprint density at radius 3 is 2.23 bits per heavy atom. The normalized spacial score (nSPS) is 15.3. The van der Waals surface area contributed by atoms with Crippen LogP contribution in [0.5, 0.6) is 0 Å². The number of anilines is 1. The quantitative estimate of drug-likeness (QED) is 0.536. The van der Waals surface area contributed by atoms with E-state index in [2.05, 4.69) is 5.32 Å². The van der Waals surface area contributed by atoms with E-state index in [4.69, 9.17) is 11.6 Å². The van der Waals surface area contributed by atoms with Gasteiger partial charge in [0, 0.05) is 17.6 Å². The minimum absolute atomic E-state index is 0.0675. The van der Waals surface area contributed by atoms with Crippen LogP contribution >= 0.6 is 11.6 Å². The third kappa shape index (κ3) is 7.67. The van der Waals surface area contributed by atoms with Crippen molar-refractivity contribution in [3.63, 3.8) is 0 Å². The van der Waals surface area contributed by atoms with Gasteiger partial charge in [0.2, 0.25) is 21.8 Å². The van der Waals surface area contributed by atoms with Crippen LogP contribution in [0, 0.1) is 5.82 Å². The van der Waals surface area contributed by atoms with Crippen molar-refractivity contribution in [2.24, 2.45) is 0 Å². The number of nitrogens with zero attached hydrogens (tertiary/aromatic N) is 2. The van der Waals surface area contributed by atoms with Crippen molar-refractivity contribution in [3.05, 3.63) is 64.9 Å². The minimum atomic E-state index is -3.86. The van der Waals surface area contributed by atoms with Gasteiger partial charge in [-0.1, -0.05) is 43.0 Å². The maximum absolute atomic E-state index is 13.5. The molecule has 1 N–H and O–H groups in total. The summed E-state index contributed by atoms with van der Waals surface area (Å²) in [7, 11) is -3.86. The summed E-state index contributed by atoms with van der Waals surface area (Å²) in [5.41, 5.74) is 0.903. The highest BCUT2D eigenvalue weighted by Gasteiger charge is 2.31. The second kappa shape index (κ2) is 11.9. The van der Waals surface area contributed by atoms with Crippen molar-refractivity contribution in [2.75, 3.05) is 17.1 Å². The monoisotopic (exact) mass is 523 g/mol. The molecule has 1 fully saturated rings. The van der Waals surface area contributed by atoms with Crippen molar-refractivity contribution < 1.29 is 22.4 Å². The van der Waals surface area contributed by atoms with Gasteiger partial charge in [0.1, 0.15) is 18.4 Å². The largest absolute Gasteiger partial charge is 0.352 e. The number of sulfonamides is 1. The van der Waals surface area contributed by atoms with Crippen LogP contribution in [0.3, 0.4) is 0 Å². The Labute approximate surface area is 211 Å². The van der Waals surface area contributed by atoms with E-state index in [9.17, 15) is 22.4 Å². The molecule has 1 saturated carbocycles. The first-order chi connectivity index (χ1) is 16.5. The summed E-state index contributed by atoms with van der Waals surface area (Å²) in [5, 5.41) is 3.58. The third-order valence-corrected chi connectivity index (χ3v) is 7.57. The van der Waals surface area contributed by atoms with E-state index in [0.717, 1.165) is 60.4 Å². The smallest absolute Gasteiger partial charge is 0.244 e. The lowest BCUT2D eigenvalue weighted by Crippen LogP contribution is -2.52. The first-order valence-electron chi connectivity index (χ1n) is 11.6. The Morgan fingerprint density at radius 1 is 1.06 bits per heavy atom. The Hall–Kier alpha value is -2.65. The molecular weight excluding hydrogens is 493 g/mol. The summed E-state index contributed by atoms with van der Waals surface area (Å²) < 4.78 is 39.3. The van der Waals surface area contributed by atoms with Crippen LogP contribution in [0.15, 0.2) is 48.5 Å². The average molecular weight is 524 g/mol. The third-order valence-electron chi connectivity index (χ3n) is 6.18. The molecule has 0 unspecified atom stereocenters. The predicted octanol–water partition coefficient (Wildman–Crippen LogP) is 4.11. The molecule has 0 aromatic heterocycles. The van der Waals surface area contributed by atoms with E-state index < -0.39 is 34.3 Å². The summed E-state index contributed by atoms with van der Waals surface area (Å²) >= 11 is 5.99. The topological polar surface area (TPSA) is 86.8 Å². The molecule has 3 rings (SSSR count). The van der Waals surface area contributed by atoms with Crippen LogP contribution in [-0.4, -0.2) is 50.0 Å². The molecule has 2 aromatic rings. The molecule has 0 radical (unpaired) electrons. The van der Waals surface area contributed by atoms with Gasteiger partial charge >= 0.3 is 0 Å². The van der Waals surface area contributed by atoms with Crippen LogP contribution in [0.1, 0.15) is 44.6 Å². The fourth-order valence-electron chi connectivity index (χ4n) is 4.16. The highest BCUT2D eigenvalue weighted by molar-refractivity contribution is 7.92. The molecule has 190 valence electrons. The Balaban J connectivity index is 1.85. The summed E-state index contributed by atoms with van der Waals surface area (Å²) in [4.78, 5) is 27.9. The molecule has 0 bridgehead atoms. The number of carbonyl (C=O) groups is 2. The van der Waals surface area contributed by atoms with Gasteiger partial charge in [-0.2, -0.15) is 0 Å². The first kappa shape index (κ1) is 26.9. The van der Waals surface area contributed by atoms with Gasteiger partial charge in [0.15, 0.2) is 0 Å². The van der Waals surface area contributed by atoms with Gasteiger partial charge in [0.05, 0.1) is 11.9 Å². The number of halogens is 2. The highest BCUT2D eigenvalue weighted by atomic mass is 35.5. The molecule has 0 aliphatic heterocycles. The fourth-order valence-corrected chi connectivity index (χ4v) is 5.13. The summed E-state index contributed by atoms with van der Waals surface area (Å²) in [6.07, 6.45) is 6.02. The van der Waals surface area contributed by atoms with E-state index in [1.54, 1.807) is 31.2 Å². The van der Waals surface area contributed by atoms with Crippen LogP contribution in [-0.2, 0) is 26.2 Å². The van der Waals surface area contributed by atoms with E-state index in [1.165, 1.54) is 17.0 Å². The SMILES string of the molecule is C[C@H](C(=O)NC1CCCCC1)N(Cc1ccc(Cl)cc1)C(=O)CN(c1ccc(F)cc1)S(C)(=O)=O. The van der Waals surface area contributed by atoms with Crippen molar-refractivity contribution in [1.82, 2.24) is 10.2 Å². The van der Waals surface area contributed by atoms with E-state index in [-0.39, 0.29) is 24.2 Å². The van der Waals surface area contributed by atoms with Gasteiger partial charge in [-0.05, 0) is 61.7 Å². The van der Waals surface area contributed by atoms with Gasteiger partial charge in [-0.15, -0.1) is 0 Å². The molecule has 10 heteroatoms. The molecule has 7 nitrogen and oxygen atoms in total. The molecule has 35 heavy (non-hydrogen) atoms. The zero-order valence-electron chi connectivity index (χ0n) is 19.9. The Kier molecular flexibility index (Phi) is 9.13. The molecule has 1 atom stereocenters. The van der Waals surface area contributed by atoms with Crippen molar-refractivity contribution in [3.8, 4) is 0 Å². The number of hydrogen-bond acceptors (Lipinski definition) is 4. The van der Waals surface area contributed by atoms with Gasteiger partial charge in [-0.3, -0.25) is 13.9 Å². The molecule has 0 spiro atoms. The molecule has 0 heterocycles. The van der Waals surface area contributed by atoms with Crippen LogP contribution in [0.25, 0.3) is 0 Å². The molecule has 0 saturated heterocycles. The maximum atomic E-state index is 13.5. The van der Waals surface area contributed by atoms with Crippen molar-refractivity contribution in [1.29, 1.82) is 0 Å². The molecule has 1 aliphatic carbocycles. The van der Waals surface area contributed by atoms with Crippen LogP contribution in [0.2, 0.25) is 5.02 Å². The predicted molar refractivity (Wildman–Crippen MR) is 135 cm³/mol. The summed E-state index contributed by atoms with van der Waals surface area (Å²) in [6, 6.07) is 11.0. The van der Waals surface area contributed by atoms with E-state index in [0.29, 0.717) is 5.02 Å². The van der Waals surface area contributed by atoms with Gasteiger partial charge in [0.25, 0.3) is 0 Å². The van der Waals surface area contributed by atoms with Crippen LogP contribution < -0.4 is 9.62 Å². The number of hydrogen-bond donors (Lipinski definition) is 1. The fraction of sp³-hybridized carbons (Fsp3) is 0.440. The van der Waals surface area contributed by atoms with Crippen molar-refractivity contribution in [2.45, 2.75) is 57.7 Å². The van der Waals surface area contributed by atoms with Crippen LogP contribution in [0.4, 0.5) is 10.1 Å². The second-order valence-electron chi connectivity index (χ2n) is 8.91. The average Bonchev–Trinajstić information content (AvgIpc) is 2.82. The number of benzene rings is 2. The standard InChI is InChI=1S/C25H31ClFN3O4S/c1-18(25(32)28-22-6-4-3-5-7-22)29(16-19-8-10-20(26)11-9-19)24(31)17-30(35(2,33)34)23-14-12-21(27)13-15-23/h8-15,18,22H,3-7,16-17H2,1-2H3,(H,28,32)/t18-/m1/s1. The molecule has 1 aliphatic rings. The Morgan fingerprint density at radius 2 is 1.66 bits per heavy atom. The summed E-state index contributed by atoms with van der Waals surface area (Å²) in [6.45, 7) is 1.20. The van der Waals surface area contributed by atoms with E-state index >= 15 is 0 Å². The number of rotatable bonds is 9. The number of amides is 2. The van der Waals surface area contributed by atoms with Crippen molar-refractivity contribution >= 4 is 39.1 Å². The lowest BCUT2D eigenvalue weighted by atomic mass is 9.95. The lowest BCUT2D eigenvalue weighted by Gasteiger charge is -2.33. The summed E-state index contributed by atoms with van der Waals surface area (Å²) in [5.74, 6) is -1.36. The Bertz CT molecular complexity index is 1120. The molecular formula is C25H31ClFN3O4S. The molecule has 2 aromatic carbocycles. The van der Waals surface area contributed by atoms with Gasteiger partial charge < -0.3 is 10.2 Å². The second-order valence-corrected chi connectivity index (χ2v) is 11.3. The maximum Gasteiger partial charge on any atom is 0.244 e. The van der Waals surface area contributed by atoms with Gasteiger partial charge in [-0.25, -0.2) is 12.8 Å². The molecule has 2 amide bonds. The zero-order chi connectivity index (χ0) is 25.6. The lowest BCUT2D eigenvalue weighted by molar-refractivity contribution is -0.139. The highest BCUT2D eigenvalue weighted by Crippen LogP contribution is 2.21. The van der Waals surface area contributed by atoms with E-state index in [1.807, 2.05) is 0 Å². The zero-order valence-corrected chi connectivity index (χ0v) is 21.5.